The van der Waals surface area contributed by atoms with Crippen LogP contribution in [0.2, 0.25) is 0 Å². The van der Waals surface area contributed by atoms with Crippen LogP contribution in [0, 0.1) is 5.92 Å². The molecule has 0 unspecified atom stereocenters. The molecule has 1 rings (SSSR count). The van der Waals surface area contributed by atoms with E-state index in [0.29, 0.717) is 6.54 Å². The van der Waals surface area contributed by atoms with Crippen molar-refractivity contribution in [1.82, 2.24) is 5.32 Å². The summed E-state index contributed by atoms with van der Waals surface area (Å²) in [4.78, 5) is 13.7. The summed E-state index contributed by atoms with van der Waals surface area (Å²) >= 11 is 0. The van der Waals surface area contributed by atoms with Gasteiger partial charge in [-0.2, -0.15) is 0 Å². The van der Waals surface area contributed by atoms with Gasteiger partial charge in [0.05, 0.1) is 6.04 Å². The van der Waals surface area contributed by atoms with Crippen LogP contribution in [-0.4, -0.2) is 32.1 Å². The summed E-state index contributed by atoms with van der Waals surface area (Å²) in [5.41, 5.74) is 6.90. The van der Waals surface area contributed by atoms with Gasteiger partial charge in [0.15, 0.2) is 0 Å². The summed E-state index contributed by atoms with van der Waals surface area (Å²) in [5, 5.41) is 2.86. The van der Waals surface area contributed by atoms with Crippen molar-refractivity contribution in [2.75, 3.05) is 25.0 Å². The number of carbonyl (C=O) groups is 1. The third-order valence-corrected chi connectivity index (χ3v) is 2.96. The molecule has 1 aromatic carbocycles. The Morgan fingerprint density at radius 3 is 2.50 bits per heavy atom. The Morgan fingerprint density at radius 2 is 1.94 bits per heavy atom. The van der Waals surface area contributed by atoms with Crippen LogP contribution in [0.25, 0.3) is 0 Å². The number of anilines is 1. The summed E-state index contributed by atoms with van der Waals surface area (Å²) in [7, 11) is 2.00. The Bertz CT molecular complexity index is 365. The number of nitrogens with one attached hydrogen (secondary N) is 1. The van der Waals surface area contributed by atoms with E-state index in [2.05, 4.69) is 10.2 Å². The van der Waals surface area contributed by atoms with Gasteiger partial charge in [-0.3, -0.25) is 4.79 Å². The predicted molar refractivity (Wildman–Crippen MR) is 75.5 cm³/mol. The zero-order valence-electron chi connectivity index (χ0n) is 11.4. The van der Waals surface area contributed by atoms with Crippen molar-refractivity contribution in [3.05, 3.63) is 30.3 Å². The number of amides is 1. The lowest BCUT2D eigenvalue weighted by Crippen LogP contribution is -2.45. The van der Waals surface area contributed by atoms with Crippen LogP contribution in [0.5, 0.6) is 0 Å². The summed E-state index contributed by atoms with van der Waals surface area (Å²) in [6.45, 7) is 5.26. The number of para-hydroxylation sites is 1. The molecule has 18 heavy (non-hydrogen) atoms. The average molecular weight is 249 g/mol. The average Bonchev–Trinajstić information content (AvgIpc) is 2.38. The lowest BCUT2D eigenvalue weighted by atomic mass is 10.1. The Kier molecular flexibility index (Phi) is 5.65. The van der Waals surface area contributed by atoms with Crippen molar-refractivity contribution in [2.24, 2.45) is 11.7 Å². The zero-order chi connectivity index (χ0) is 13.5. The highest BCUT2D eigenvalue weighted by molar-refractivity contribution is 5.81. The molecule has 0 aliphatic rings. The maximum atomic E-state index is 11.6. The third-order valence-electron chi connectivity index (χ3n) is 2.96. The van der Waals surface area contributed by atoms with E-state index in [4.69, 9.17) is 5.73 Å². The van der Waals surface area contributed by atoms with Crippen molar-refractivity contribution in [3.63, 3.8) is 0 Å². The summed E-state index contributed by atoms with van der Waals surface area (Å²) in [6, 6.07) is 9.65. The van der Waals surface area contributed by atoms with Gasteiger partial charge >= 0.3 is 0 Å². The second kappa shape index (κ2) is 7.01. The molecule has 0 aliphatic carbocycles. The van der Waals surface area contributed by atoms with Crippen molar-refractivity contribution in [1.29, 1.82) is 0 Å². The van der Waals surface area contributed by atoms with E-state index < -0.39 is 6.04 Å². The standard InChI is InChI=1S/C14H23N3O/c1-11(2)13(15)14(18)16-9-10-17(3)12-7-5-4-6-8-12/h4-8,11,13H,9-10,15H2,1-3H3,(H,16,18)/t13-/m0/s1. The molecular formula is C14H23N3O. The van der Waals surface area contributed by atoms with Gasteiger partial charge < -0.3 is 16.0 Å². The molecular weight excluding hydrogens is 226 g/mol. The maximum absolute atomic E-state index is 11.6. The minimum absolute atomic E-state index is 0.0774. The number of hydrogen-bond donors (Lipinski definition) is 2. The Balaban J connectivity index is 2.32. The largest absolute Gasteiger partial charge is 0.373 e. The second-order valence-corrected chi connectivity index (χ2v) is 4.82. The summed E-state index contributed by atoms with van der Waals surface area (Å²) < 4.78 is 0. The van der Waals surface area contributed by atoms with Crippen LogP contribution in [0.1, 0.15) is 13.8 Å². The lowest BCUT2D eigenvalue weighted by Gasteiger charge is -2.21. The predicted octanol–water partition coefficient (Wildman–Crippen LogP) is 1.22. The van der Waals surface area contributed by atoms with Crippen LogP contribution in [0.3, 0.4) is 0 Å². The van der Waals surface area contributed by atoms with Crippen LogP contribution < -0.4 is 16.0 Å². The molecule has 4 heteroatoms. The number of likely N-dealkylation sites (N-methyl/N-ethyl adjacent to an activating group) is 1. The lowest BCUT2D eigenvalue weighted by molar-refractivity contribution is -0.123. The van der Waals surface area contributed by atoms with E-state index in [1.807, 2.05) is 51.2 Å². The highest BCUT2D eigenvalue weighted by atomic mass is 16.2. The third kappa shape index (κ3) is 4.37. The first-order valence-corrected chi connectivity index (χ1v) is 6.32. The molecule has 4 nitrogen and oxygen atoms in total. The molecule has 0 spiro atoms. The number of benzene rings is 1. The van der Waals surface area contributed by atoms with Crippen LogP contribution in [0.15, 0.2) is 30.3 Å². The molecule has 0 aromatic heterocycles. The van der Waals surface area contributed by atoms with Crippen molar-refractivity contribution < 1.29 is 4.79 Å². The number of carbonyl (C=O) groups excluding carboxylic acids is 1. The fraction of sp³-hybridized carbons (Fsp3) is 0.500. The molecule has 0 heterocycles. The fourth-order valence-corrected chi connectivity index (χ4v) is 1.58. The van der Waals surface area contributed by atoms with Gasteiger partial charge in [-0.25, -0.2) is 0 Å². The second-order valence-electron chi connectivity index (χ2n) is 4.82. The number of rotatable bonds is 6. The van der Waals surface area contributed by atoms with Gasteiger partial charge in [0.25, 0.3) is 0 Å². The van der Waals surface area contributed by atoms with Gasteiger partial charge in [-0.15, -0.1) is 0 Å². The highest BCUT2D eigenvalue weighted by Gasteiger charge is 2.16. The minimum Gasteiger partial charge on any atom is -0.373 e. The SMILES string of the molecule is CC(C)[C@H](N)C(=O)NCCN(C)c1ccccc1. The monoisotopic (exact) mass is 249 g/mol. The van der Waals surface area contributed by atoms with Crippen molar-refractivity contribution >= 4 is 11.6 Å². The molecule has 100 valence electrons. The fourth-order valence-electron chi connectivity index (χ4n) is 1.58. The summed E-state index contributed by atoms with van der Waals surface area (Å²) in [5.74, 6) is 0.0864. The van der Waals surface area contributed by atoms with Gasteiger partial charge in [0.2, 0.25) is 5.91 Å². The quantitative estimate of drug-likeness (QED) is 0.797. The van der Waals surface area contributed by atoms with Crippen molar-refractivity contribution in [2.45, 2.75) is 19.9 Å². The van der Waals surface area contributed by atoms with E-state index in [1.54, 1.807) is 0 Å². The molecule has 0 radical (unpaired) electrons. The summed E-state index contributed by atoms with van der Waals surface area (Å²) in [6.07, 6.45) is 0. The Hall–Kier alpha value is -1.55. The zero-order valence-corrected chi connectivity index (χ0v) is 11.4. The first-order chi connectivity index (χ1) is 8.52. The van der Waals surface area contributed by atoms with E-state index in [0.717, 1.165) is 12.2 Å². The molecule has 0 saturated carbocycles. The Morgan fingerprint density at radius 1 is 1.33 bits per heavy atom. The number of nitrogens with zero attached hydrogens (tertiary/aromatic N) is 1. The highest BCUT2D eigenvalue weighted by Crippen LogP contribution is 2.09. The van der Waals surface area contributed by atoms with Crippen LogP contribution in [0.4, 0.5) is 5.69 Å². The van der Waals surface area contributed by atoms with Crippen LogP contribution in [-0.2, 0) is 4.79 Å². The van der Waals surface area contributed by atoms with E-state index in [-0.39, 0.29) is 11.8 Å². The van der Waals surface area contributed by atoms with Gasteiger partial charge in [0.1, 0.15) is 0 Å². The molecule has 3 N–H and O–H groups in total. The molecule has 1 aromatic rings. The Labute approximate surface area is 109 Å². The molecule has 1 amide bonds. The van der Waals surface area contributed by atoms with Gasteiger partial charge in [-0.1, -0.05) is 32.0 Å². The first kappa shape index (κ1) is 14.5. The van der Waals surface area contributed by atoms with E-state index in [1.165, 1.54) is 0 Å². The van der Waals surface area contributed by atoms with Crippen LogP contribution >= 0.6 is 0 Å². The molecule has 0 saturated heterocycles. The normalized spacial score (nSPS) is 12.3. The van der Waals surface area contributed by atoms with Crippen molar-refractivity contribution in [3.8, 4) is 0 Å². The first-order valence-electron chi connectivity index (χ1n) is 6.32. The number of nitrogens with two attached hydrogens (primary N) is 1. The van der Waals surface area contributed by atoms with Gasteiger partial charge in [0, 0.05) is 25.8 Å². The molecule has 0 bridgehead atoms. The minimum atomic E-state index is -0.424. The molecule has 0 aliphatic heterocycles. The molecule has 0 fully saturated rings. The number of hydrogen-bond acceptors (Lipinski definition) is 3. The van der Waals surface area contributed by atoms with E-state index >= 15 is 0 Å². The smallest absolute Gasteiger partial charge is 0.237 e. The topological polar surface area (TPSA) is 58.4 Å². The molecule has 1 atom stereocenters. The van der Waals surface area contributed by atoms with E-state index in [9.17, 15) is 4.79 Å². The maximum Gasteiger partial charge on any atom is 0.237 e. The van der Waals surface area contributed by atoms with Gasteiger partial charge in [-0.05, 0) is 18.1 Å².